The van der Waals surface area contributed by atoms with E-state index in [1.165, 1.54) is 28.9 Å². The van der Waals surface area contributed by atoms with E-state index in [0.717, 1.165) is 0 Å². The lowest BCUT2D eigenvalue weighted by atomic mass is 10.2. The van der Waals surface area contributed by atoms with Gasteiger partial charge < -0.3 is 4.18 Å². The molecule has 0 unspecified atom stereocenters. The van der Waals surface area contributed by atoms with Crippen LogP contribution in [0.4, 0.5) is 4.39 Å². The van der Waals surface area contributed by atoms with Gasteiger partial charge in [-0.2, -0.15) is 13.6 Å². The first-order valence-corrected chi connectivity index (χ1v) is 7.89. The molecule has 23 heavy (non-hydrogen) atoms. The second kappa shape index (κ2) is 5.78. The van der Waals surface area contributed by atoms with Crippen molar-refractivity contribution >= 4 is 10.3 Å². The van der Waals surface area contributed by atoms with E-state index in [2.05, 4.69) is 14.5 Å². The van der Waals surface area contributed by atoms with Gasteiger partial charge in [0.2, 0.25) is 0 Å². The molecule has 0 spiro atoms. The third-order valence-electron chi connectivity index (χ3n) is 2.95. The molecular weight excluding hydrogens is 323 g/mol. The summed E-state index contributed by atoms with van der Waals surface area (Å²) < 4.78 is 40.7. The monoisotopic (exact) mass is 334 g/mol. The molecule has 0 fully saturated rings. The lowest BCUT2D eigenvalue weighted by Crippen LogP contribution is -2.18. The van der Waals surface area contributed by atoms with Crippen LogP contribution in [0.2, 0.25) is 0 Å². The van der Waals surface area contributed by atoms with Gasteiger partial charge in [0, 0.05) is 5.56 Å². The van der Waals surface area contributed by atoms with E-state index in [1.807, 2.05) is 0 Å². The maximum absolute atomic E-state index is 12.9. The fourth-order valence-electron chi connectivity index (χ4n) is 1.93. The summed E-state index contributed by atoms with van der Waals surface area (Å²) in [4.78, 5) is 0. The lowest BCUT2D eigenvalue weighted by molar-refractivity contribution is 0.488. The van der Waals surface area contributed by atoms with Crippen LogP contribution >= 0.6 is 0 Å². The normalized spacial score (nSPS) is 11.4. The molecule has 0 aliphatic carbocycles. The average Bonchev–Trinajstić information content (AvgIpc) is 2.97. The second-order valence-corrected chi connectivity index (χ2v) is 5.78. The van der Waals surface area contributed by atoms with Gasteiger partial charge >= 0.3 is 10.3 Å². The summed E-state index contributed by atoms with van der Waals surface area (Å²) in [5, 5.41) is 12.8. The van der Waals surface area contributed by atoms with Crippen molar-refractivity contribution in [2.45, 2.75) is 0 Å². The predicted molar refractivity (Wildman–Crippen MR) is 80.5 cm³/mol. The Morgan fingerprint density at radius 1 is 1.04 bits per heavy atom. The van der Waals surface area contributed by atoms with Crippen LogP contribution in [-0.2, 0) is 10.3 Å². The van der Waals surface area contributed by atoms with E-state index in [-0.39, 0.29) is 11.6 Å². The number of halogens is 1. The third-order valence-corrected chi connectivity index (χ3v) is 3.37. The van der Waals surface area contributed by atoms with Crippen molar-refractivity contribution in [2.75, 3.05) is 0 Å². The molecule has 0 radical (unpaired) electrons. The Labute approximate surface area is 131 Å². The van der Waals surface area contributed by atoms with E-state index in [4.69, 9.17) is 5.14 Å². The maximum atomic E-state index is 12.9. The summed E-state index contributed by atoms with van der Waals surface area (Å²) in [5.74, 6) is -0.235. The summed E-state index contributed by atoms with van der Waals surface area (Å²) in [6, 6.07) is 12.0. The molecule has 1 heterocycles. The van der Waals surface area contributed by atoms with Crippen molar-refractivity contribution in [3.63, 3.8) is 0 Å². The minimum absolute atomic E-state index is 0.0992. The Balaban J connectivity index is 1.84. The van der Waals surface area contributed by atoms with Crippen LogP contribution < -0.4 is 9.32 Å². The molecule has 0 saturated heterocycles. The molecule has 3 rings (SSSR count). The zero-order valence-corrected chi connectivity index (χ0v) is 12.4. The highest BCUT2D eigenvalue weighted by Gasteiger charge is 2.08. The second-order valence-electron chi connectivity index (χ2n) is 4.63. The molecule has 0 amide bonds. The Morgan fingerprint density at radius 3 is 2.30 bits per heavy atom. The van der Waals surface area contributed by atoms with Gasteiger partial charge in [0.25, 0.3) is 0 Å². The van der Waals surface area contributed by atoms with Gasteiger partial charge in [0.1, 0.15) is 17.3 Å². The molecule has 0 bridgehead atoms. The standard InChI is InChI=1S/C14H11FN4O3S/c15-11-3-5-12(6-4-11)19-9-14(17-18-19)10-1-7-13(8-2-10)22-23(16,20)21/h1-9H,(H2,16,20,21). The molecule has 7 nitrogen and oxygen atoms in total. The summed E-state index contributed by atoms with van der Waals surface area (Å²) in [6.07, 6.45) is 1.67. The van der Waals surface area contributed by atoms with Gasteiger partial charge in [-0.05, 0) is 48.5 Å². The van der Waals surface area contributed by atoms with Crippen LogP contribution in [0.25, 0.3) is 16.9 Å². The molecule has 3 aromatic rings. The summed E-state index contributed by atoms with van der Waals surface area (Å²) in [5.41, 5.74) is 1.94. The zero-order valence-electron chi connectivity index (χ0n) is 11.6. The number of hydrogen-bond acceptors (Lipinski definition) is 5. The van der Waals surface area contributed by atoms with E-state index in [9.17, 15) is 12.8 Å². The fourth-order valence-corrected chi connectivity index (χ4v) is 2.31. The van der Waals surface area contributed by atoms with E-state index in [0.29, 0.717) is 16.9 Å². The number of hydrogen-bond donors (Lipinski definition) is 1. The van der Waals surface area contributed by atoms with Gasteiger partial charge in [0.15, 0.2) is 0 Å². The molecule has 118 valence electrons. The van der Waals surface area contributed by atoms with Gasteiger partial charge in [-0.25, -0.2) is 9.07 Å². The largest absolute Gasteiger partial charge is 0.380 e. The van der Waals surface area contributed by atoms with Crippen LogP contribution in [-0.4, -0.2) is 23.4 Å². The van der Waals surface area contributed by atoms with Crippen molar-refractivity contribution in [1.29, 1.82) is 0 Å². The van der Waals surface area contributed by atoms with Crippen LogP contribution in [0.15, 0.2) is 54.7 Å². The van der Waals surface area contributed by atoms with Crippen molar-refractivity contribution in [3.05, 3.63) is 60.5 Å². The van der Waals surface area contributed by atoms with Gasteiger partial charge in [0.05, 0.1) is 11.9 Å². The maximum Gasteiger partial charge on any atom is 0.380 e. The molecule has 0 aliphatic rings. The average molecular weight is 334 g/mol. The van der Waals surface area contributed by atoms with Crippen molar-refractivity contribution in [1.82, 2.24) is 15.0 Å². The Bertz CT molecular complexity index is 921. The topological polar surface area (TPSA) is 100 Å². The number of aromatic nitrogens is 3. The minimum Gasteiger partial charge on any atom is -0.371 e. The number of nitrogens with zero attached hydrogens (tertiary/aromatic N) is 3. The SMILES string of the molecule is NS(=O)(=O)Oc1ccc(-c2cn(-c3ccc(F)cc3)nn2)cc1. The van der Waals surface area contributed by atoms with E-state index in [1.54, 1.807) is 30.5 Å². The Hall–Kier alpha value is -2.78. The first-order chi connectivity index (χ1) is 10.9. The first kappa shape index (κ1) is 15.1. The van der Waals surface area contributed by atoms with Gasteiger partial charge in [-0.15, -0.1) is 5.10 Å². The molecule has 2 aromatic carbocycles. The molecule has 1 aromatic heterocycles. The fraction of sp³-hybridized carbons (Fsp3) is 0. The van der Waals surface area contributed by atoms with Crippen LogP contribution in [0.5, 0.6) is 5.75 Å². The summed E-state index contributed by atoms with van der Waals surface area (Å²) in [6.45, 7) is 0. The van der Waals surface area contributed by atoms with Crippen LogP contribution in [0.1, 0.15) is 0 Å². The molecule has 9 heteroatoms. The number of rotatable bonds is 4. The highest BCUT2D eigenvalue weighted by atomic mass is 32.2. The zero-order chi connectivity index (χ0) is 16.4. The number of nitrogens with two attached hydrogens (primary N) is 1. The molecule has 0 aliphatic heterocycles. The number of benzene rings is 2. The van der Waals surface area contributed by atoms with Crippen molar-refractivity contribution in [3.8, 4) is 22.7 Å². The van der Waals surface area contributed by atoms with Gasteiger partial charge in [-0.1, -0.05) is 5.21 Å². The summed E-state index contributed by atoms with van der Waals surface area (Å²) in [7, 11) is -4.05. The van der Waals surface area contributed by atoms with Crippen molar-refractivity contribution in [2.24, 2.45) is 5.14 Å². The van der Waals surface area contributed by atoms with E-state index < -0.39 is 10.3 Å². The molecule has 0 saturated carbocycles. The Kier molecular flexibility index (Phi) is 3.80. The molecule has 2 N–H and O–H groups in total. The lowest BCUT2D eigenvalue weighted by Gasteiger charge is -2.02. The summed E-state index contributed by atoms with van der Waals surface area (Å²) >= 11 is 0. The van der Waals surface area contributed by atoms with E-state index >= 15 is 0 Å². The molecule has 0 atom stereocenters. The van der Waals surface area contributed by atoms with Gasteiger partial charge in [-0.3, -0.25) is 0 Å². The Morgan fingerprint density at radius 2 is 1.70 bits per heavy atom. The molecular formula is C14H11FN4O3S. The smallest absolute Gasteiger partial charge is 0.371 e. The quantitative estimate of drug-likeness (QED) is 0.782. The highest BCUT2D eigenvalue weighted by molar-refractivity contribution is 7.84. The highest BCUT2D eigenvalue weighted by Crippen LogP contribution is 2.21. The van der Waals surface area contributed by atoms with Crippen LogP contribution in [0.3, 0.4) is 0 Å². The van der Waals surface area contributed by atoms with Crippen LogP contribution in [0, 0.1) is 5.82 Å². The van der Waals surface area contributed by atoms with Crippen molar-refractivity contribution < 1.29 is 17.0 Å². The first-order valence-electron chi connectivity index (χ1n) is 6.42. The minimum atomic E-state index is -4.05. The third kappa shape index (κ3) is 3.71. The predicted octanol–water partition coefficient (Wildman–Crippen LogP) is 1.66.